The van der Waals surface area contributed by atoms with Crippen LogP contribution in [0.15, 0.2) is 12.4 Å². The van der Waals surface area contributed by atoms with E-state index in [1.165, 1.54) is 11.3 Å². The number of hydrogen-bond acceptors (Lipinski definition) is 6. The first kappa shape index (κ1) is 15.7. The Kier molecular flexibility index (Phi) is 5.08. The molecule has 21 heavy (non-hydrogen) atoms. The van der Waals surface area contributed by atoms with Gasteiger partial charge in [-0.3, -0.25) is 9.69 Å². The minimum atomic E-state index is -0.893. The number of nitrogens with zero attached hydrogens (tertiary/aromatic N) is 5. The van der Waals surface area contributed by atoms with Crippen molar-refractivity contribution in [2.45, 2.75) is 19.0 Å². The van der Waals surface area contributed by atoms with E-state index >= 15 is 0 Å². The van der Waals surface area contributed by atoms with Crippen LogP contribution in [0.2, 0.25) is 0 Å². The summed E-state index contributed by atoms with van der Waals surface area (Å²) < 4.78 is 0. The van der Waals surface area contributed by atoms with Gasteiger partial charge < -0.3 is 14.9 Å². The van der Waals surface area contributed by atoms with E-state index in [1.807, 2.05) is 0 Å². The summed E-state index contributed by atoms with van der Waals surface area (Å²) in [5.74, 6) is -0.459. The van der Waals surface area contributed by atoms with E-state index in [1.54, 1.807) is 19.4 Å². The molecule has 1 saturated heterocycles. The summed E-state index contributed by atoms with van der Waals surface area (Å²) in [6.07, 6.45) is 4.74. The summed E-state index contributed by atoms with van der Waals surface area (Å²) in [7, 11) is 5.93. The number of aromatic nitrogens is 2. The molecule has 0 saturated carbocycles. The third-order valence-electron chi connectivity index (χ3n) is 3.83. The van der Waals surface area contributed by atoms with E-state index in [-0.39, 0.29) is 6.54 Å². The Labute approximate surface area is 125 Å². The molecule has 1 aromatic rings. The number of likely N-dealkylation sites (N-methyl/N-ethyl adjacent to an activating group) is 3. The monoisotopic (exact) mass is 293 g/mol. The van der Waals surface area contributed by atoms with Crippen LogP contribution in [0.25, 0.3) is 0 Å². The van der Waals surface area contributed by atoms with Crippen LogP contribution in [-0.4, -0.2) is 77.7 Å². The second kappa shape index (κ2) is 6.82. The summed E-state index contributed by atoms with van der Waals surface area (Å²) in [6.45, 7) is 2.94. The topological polar surface area (TPSA) is 72.8 Å². The molecule has 0 radical (unpaired) electrons. The largest absolute Gasteiger partial charge is 0.480 e. The molecular weight excluding hydrogens is 270 g/mol. The van der Waals surface area contributed by atoms with E-state index in [2.05, 4.69) is 33.9 Å². The van der Waals surface area contributed by atoms with Crippen molar-refractivity contribution < 1.29 is 9.90 Å². The smallest absolute Gasteiger partial charge is 0.323 e. The highest BCUT2D eigenvalue weighted by Crippen LogP contribution is 2.15. The Morgan fingerprint density at radius 3 is 2.62 bits per heavy atom. The number of carboxylic acid groups (broad SMARTS) is 1. The highest BCUT2D eigenvalue weighted by atomic mass is 16.4. The van der Waals surface area contributed by atoms with Gasteiger partial charge in [-0.2, -0.15) is 0 Å². The number of likely N-dealkylation sites (tertiary alicyclic amines) is 1. The lowest BCUT2D eigenvalue weighted by molar-refractivity contribution is -0.135. The number of aliphatic carboxylic acids is 1. The SMILES string of the molecule is CN1CC[C@@H](N(C)Cc2cnc(N(C)CC(=O)O)nc2)C1. The lowest BCUT2D eigenvalue weighted by atomic mass is 10.2. The summed E-state index contributed by atoms with van der Waals surface area (Å²) in [5, 5.41) is 8.75. The summed E-state index contributed by atoms with van der Waals surface area (Å²) in [6, 6.07) is 0.573. The molecule has 0 aliphatic carbocycles. The second-order valence-corrected chi connectivity index (χ2v) is 5.76. The van der Waals surface area contributed by atoms with Gasteiger partial charge in [-0.05, 0) is 27.1 Å². The average Bonchev–Trinajstić information content (AvgIpc) is 2.85. The first-order valence-electron chi connectivity index (χ1n) is 7.08. The maximum absolute atomic E-state index is 10.7. The van der Waals surface area contributed by atoms with Crippen LogP contribution in [0.4, 0.5) is 5.95 Å². The molecular formula is C14H23N5O2. The predicted octanol–water partition coefficient (Wildman–Crippen LogP) is 0.133. The molecule has 2 rings (SSSR count). The van der Waals surface area contributed by atoms with Gasteiger partial charge in [0.05, 0.1) is 0 Å². The number of anilines is 1. The van der Waals surface area contributed by atoms with Crippen molar-refractivity contribution in [2.75, 3.05) is 45.7 Å². The lowest BCUT2D eigenvalue weighted by Gasteiger charge is -2.24. The fraction of sp³-hybridized carbons (Fsp3) is 0.643. The van der Waals surface area contributed by atoms with Gasteiger partial charge in [-0.1, -0.05) is 0 Å². The number of hydrogen-bond donors (Lipinski definition) is 1. The molecule has 1 fully saturated rings. The van der Waals surface area contributed by atoms with E-state index in [9.17, 15) is 4.79 Å². The molecule has 0 unspecified atom stereocenters. The molecule has 0 spiro atoms. The normalized spacial score (nSPS) is 19.1. The van der Waals surface area contributed by atoms with Gasteiger partial charge in [-0.15, -0.1) is 0 Å². The van der Waals surface area contributed by atoms with Crippen molar-refractivity contribution >= 4 is 11.9 Å². The van der Waals surface area contributed by atoms with Gasteiger partial charge in [0.2, 0.25) is 5.95 Å². The molecule has 0 aromatic carbocycles. The van der Waals surface area contributed by atoms with E-state index in [0.29, 0.717) is 12.0 Å². The quantitative estimate of drug-likeness (QED) is 0.799. The maximum Gasteiger partial charge on any atom is 0.323 e. The van der Waals surface area contributed by atoms with Gasteiger partial charge in [0.1, 0.15) is 6.54 Å². The minimum Gasteiger partial charge on any atom is -0.480 e. The highest BCUT2D eigenvalue weighted by molar-refractivity contribution is 5.72. The maximum atomic E-state index is 10.7. The first-order chi connectivity index (χ1) is 9.95. The molecule has 1 aliphatic rings. The second-order valence-electron chi connectivity index (χ2n) is 5.76. The Hall–Kier alpha value is -1.73. The number of carboxylic acids is 1. The van der Waals surface area contributed by atoms with Gasteiger partial charge >= 0.3 is 5.97 Å². The van der Waals surface area contributed by atoms with Crippen molar-refractivity contribution in [3.8, 4) is 0 Å². The zero-order valence-electron chi connectivity index (χ0n) is 12.9. The lowest BCUT2D eigenvalue weighted by Crippen LogP contribution is -2.33. The van der Waals surface area contributed by atoms with Crippen LogP contribution in [0.5, 0.6) is 0 Å². The van der Waals surface area contributed by atoms with Crippen LogP contribution in [0.3, 0.4) is 0 Å². The van der Waals surface area contributed by atoms with Crippen molar-refractivity contribution in [1.82, 2.24) is 19.8 Å². The zero-order chi connectivity index (χ0) is 15.4. The molecule has 116 valence electrons. The van der Waals surface area contributed by atoms with Crippen LogP contribution >= 0.6 is 0 Å². The van der Waals surface area contributed by atoms with Crippen molar-refractivity contribution in [2.24, 2.45) is 0 Å². The van der Waals surface area contributed by atoms with E-state index < -0.39 is 5.97 Å². The van der Waals surface area contributed by atoms with Crippen LogP contribution in [0.1, 0.15) is 12.0 Å². The number of rotatable bonds is 6. The predicted molar refractivity (Wildman–Crippen MR) is 80.3 cm³/mol. The fourth-order valence-electron chi connectivity index (χ4n) is 2.59. The fourth-order valence-corrected chi connectivity index (χ4v) is 2.59. The van der Waals surface area contributed by atoms with Gasteiger partial charge in [0, 0.05) is 44.1 Å². The first-order valence-corrected chi connectivity index (χ1v) is 7.08. The molecule has 1 atom stereocenters. The third kappa shape index (κ3) is 4.37. The van der Waals surface area contributed by atoms with Crippen molar-refractivity contribution in [3.05, 3.63) is 18.0 Å². The summed E-state index contributed by atoms with van der Waals surface area (Å²) in [4.78, 5) is 25.3. The Bertz CT molecular complexity index is 479. The molecule has 0 bridgehead atoms. The van der Waals surface area contributed by atoms with Crippen LogP contribution < -0.4 is 4.90 Å². The zero-order valence-corrected chi connectivity index (χ0v) is 12.9. The average molecular weight is 293 g/mol. The van der Waals surface area contributed by atoms with Crippen molar-refractivity contribution in [1.29, 1.82) is 0 Å². The molecule has 1 aliphatic heterocycles. The number of carbonyl (C=O) groups is 1. The molecule has 1 aromatic heterocycles. The summed E-state index contributed by atoms with van der Waals surface area (Å²) >= 11 is 0. The molecule has 0 amide bonds. The minimum absolute atomic E-state index is 0.104. The van der Waals surface area contributed by atoms with Crippen LogP contribution in [0, 0.1) is 0 Å². The third-order valence-corrected chi connectivity index (χ3v) is 3.83. The molecule has 2 heterocycles. The highest BCUT2D eigenvalue weighted by Gasteiger charge is 2.23. The Morgan fingerprint density at radius 1 is 1.43 bits per heavy atom. The van der Waals surface area contributed by atoms with Gasteiger partial charge in [0.15, 0.2) is 0 Å². The molecule has 7 heteroatoms. The Morgan fingerprint density at radius 2 is 2.10 bits per heavy atom. The standard InChI is InChI=1S/C14H23N5O2/c1-17-5-4-12(9-17)18(2)8-11-6-15-14(16-7-11)19(3)10-13(20)21/h6-7,12H,4-5,8-10H2,1-3H3,(H,20,21)/t12-/m1/s1. The van der Waals surface area contributed by atoms with Crippen LogP contribution in [-0.2, 0) is 11.3 Å². The van der Waals surface area contributed by atoms with Gasteiger partial charge in [0.25, 0.3) is 0 Å². The summed E-state index contributed by atoms with van der Waals surface area (Å²) in [5.41, 5.74) is 1.04. The Balaban J connectivity index is 1.91. The van der Waals surface area contributed by atoms with Gasteiger partial charge in [-0.25, -0.2) is 9.97 Å². The van der Waals surface area contributed by atoms with E-state index in [0.717, 1.165) is 25.2 Å². The molecule has 7 nitrogen and oxygen atoms in total. The molecule has 1 N–H and O–H groups in total. The van der Waals surface area contributed by atoms with E-state index in [4.69, 9.17) is 5.11 Å². The van der Waals surface area contributed by atoms with Crippen molar-refractivity contribution in [3.63, 3.8) is 0 Å².